The molecule has 0 saturated carbocycles. The number of nitrogens with two attached hydrogens (primary N) is 1. The lowest BCUT2D eigenvalue weighted by atomic mass is 10.3. The number of hydrogen-bond donors (Lipinski definition) is 2. The predicted molar refractivity (Wildman–Crippen MR) is 71.7 cm³/mol. The number of anilines is 1. The smallest absolute Gasteiger partial charge is 0.339 e. The summed E-state index contributed by atoms with van der Waals surface area (Å²) in [5.74, 6) is 0. The lowest BCUT2D eigenvalue weighted by Gasteiger charge is -2.07. The first-order valence-corrected chi connectivity index (χ1v) is 6.09. The molecule has 0 spiro atoms. The van der Waals surface area contributed by atoms with Gasteiger partial charge in [-0.2, -0.15) is 4.98 Å². The first-order valence-electron chi connectivity index (χ1n) is 5.27. The van der Waals surface area contributed by atoms with E-state index in [4.69, 9.17) is 5.73 Å². The Hall–Kier alpha value is -2.62. The van der Waals surface area contributed by atoms with Crippen molar-refractivity contribution in [1.82, 2.24) is 14.8 Å². The van der Waals surface area contributed by atoms with Crippen LogP contribution in [0, 0.1) is 10.1 Å². The van der Waals surface area contributed by atoms with Crippen molar-refractivity contribution in [2.24, 2.45) is 7.05 Å². The van der Waals surface area contributed by atoms with Crippen molar-refractivity contribution >= 4 is 23.1 Å². The highest BCUT2D eigenvalue weighted by Gasteiger charge is 2.12. The third-order valence-electron chi connectivity index (χ3n) is 2.35. The number of non-ortho nitro benzene ring substituents is 1. The molecule has 0 radical (unpaired) electrons. The van der Waals surface area contributed by atoms with Crippen molar-refractivity contribution in [3.8, 4) is 0 Å². The molecular formula is C10H9N5O4S. The van der Waals surface area contributed by atoms with E-state index in [-0.39, 0.29) is 16.5 Å². The number of hydrogen-bond acceptors (Lipinski definition) is 7. The summed E-state index contributed by atoms with van der Waals surface area (Å²) < 4.78 is 1.27. The first kappa shape index (κ1) is 13.8. The minimum atomic E-state index is -0.911. The highest BCUT2D eigenvalue weighted by molar-refractivity contribution is 7.99. The molecule has 10 heteroatoms. The third kappa shape index (κ3) is 2.69. The molecule has 0 aliphatic rings. The highest BCUT2D eigenvalue weighted by atomic mass is 32.2. The fraction of sp³-hybridized carbons (Fsp3) is 0.100. The molecule has 0 amide bonds. The zero-order chi connectivity index (χ0) is 14.9. The van der Waals surface area contributed by atoms with Crippen LogP contribution in [-0.4, -0.2) is 19.7 Å². The third-order valence-corrected chi connectivity index (χ3v) is 3.49. The monoisotopic (exact) mass is 295 g/mol. The molecule has 0 unspecified atom stereocenters. The number of nitro groups is 1. The standard InChI is InChI=1S/C10H9N5O4S/c1-14-10(12-8(16)9(17)13-14)20-7-3-2-5(15(18)19)4-6(7)11/h2-4H,11H2,1H3,(H,13,17). The van der Waals surface area contributed by atoms with Gasteiger partial charge in [-0.1, -0.05) is 0 Å². The number of nitro benzene ring substituents is 1. The molecule has 104 valence electrons. The summed E-state index contributed by atoms with van der Waals surface area (Å²) in [6.45, 7) is 0. The topological polar surface area (TPSA) is 137 Å². The first-order chi connectivity index (χ1) is 9.38. The summed E-state index contributed by atoms with van der Waals surface area (Å²) in [6, 6.07) is 3.96. The van der Waals surface area contributed by atoms with E-state index in [0.717, 1.165) is 11.8 Å². The Balaban J connectivity index is 2.40. The van der Waals surface area contributed by atoms with E-state index in [1.165, 1.54) is 29.9 Å². The Morgan fingerprint density at radius 3 is 2.75 bits per heavy atom. The van der Waals surface area contributed by atoms with Crippen LogP contribution in [0.5, 0.6) is 0 Å². The molecule has 2 rings (SSSR count). The Morgan fingerprint density at radius 2 is 2.15 bits per heavy atom. The van der Waals surface area contributed by atoms with E-state index in [2.05, 4.69) is 10.1 Å². The van der Waals surface area contributed by atoms with Crippen LogP contribution in [0.3, 0.4) is 0 Å². The van der Waals surface area contributed by atoms with Gasteiger partial charge in [0.1, 0.15) is 0 Å². The van der Waals surface area contributed by atoms with Crippen LogP contribution in [0.2, 0.25) is 0 Å². The second-order valence-corrected chi connectivity index (χ2v) is 4.79. The number of nitrogens with zero attached hydrogens (tertiary/aromatic N) is 3. The summed E-state index contributed by atoms with van der Waals surface area (Å²) in [5, 5.41) is 13.1. The van der Waals surface area contributed by atoms with Crippen molar-refractivity contribution in [3.63, 3.8) is 0 Å². The van der Waals surface area contributed by atoms with Crippen molar-refractivity contribution in [2.75, 3.05) is 5.73 Å². The van der Waals surface area contributed by atoms with Crippen LogP contribution in [0.25, 0.3) is 0 Å². The van der Waals surface area contributed by atoms with Crippen molar-refractivity contribution in [2.45, 2.75) is 10.1 Å². The maximum atomic E-state index is 11.2. The van der Waals surface area contributed by atoms with Crippen molar-refractivity contribution in [1.29, 1.82) is 0 Å². The molecule has 1 aromatic carbocycles. The van der Waals surface area contributed by atoms with Gasteiger partial charge in [-0.05, 0) is 17.8 Å². The van der Waals surface area contributed by atoms with Gasteiger partial charge < -0.3 is 5.73 Å². The maximum Gasteiger partial charge on any atom is 0.339 e. The molecule has 1 aromatic heterocycles. The van der Waals surface area contributed by atoms with Gasteiger partial charge in [0, 0.05) is 24.1 Å². The molecule has 0 aliphatic carbocycles. The second kappa shape index (κ2) is 5.17. The Morgan fingerprint density at radius 1 is 1.45 bits per heavy atom. The number of benzene rings is 1. The fourth-order valence-corrected chi connectivity index (χ4v) is 2.21. The summed E-state index contributed by atoms with van der Waals surface area (Å²) in [4.78, 5) is 36.4. The number of aromatic amines is 1. The van der Waals surface area contributed by atoms with Gasteiger partial charge in [0.2, 0.25) is 0 Å². The van der Waals surface area contributed by atoms with E-state index in [1.54, 1.807) is 0 Å². The van der Waals surface area contributed by atoms with Gasteiger partial charge in [-0.3, -0.25) is 29.5 Å². The van der Waals surface area contributed by atoms with Crippen LogP contribution in [0.4, 0.5) is 11.4 Å². The number of rotatable bonds is 3. The second-order valence-electron chi connectivity index (χ2n) is 3.78. The average molecular weight is 295 g/mol. The largest absolute Gasteiger partial charge is 0.398 e. The van der Waals surface area contributed by atoms with E-state index < -0.39 is 16.0 Å². The highest BCUT2D eigenvalue weighted by Crippen LogP contribution is 2.31. The van der Waals surface area contributed by atoms with Crippen LogP contribution < -0.4 is 16.9 Å². The zero-order valence-electron chi connectivity index (χ0n) is 10.2. The molecule has 2 aromatic rings. The summed E-state index contributed by atoms with van der Waals surface area (Å²) in [5.41, 5.74) is 4.03. The average Bonchev–Trinajstić information content (AvgIpc) is 2.37. The molecule has 9 nitrogen and oxygen atoms in total. The van der Waals surface area contributed by atoms with Gasteiger partial charge >= 0.3 is 11.1 Å². The van der Waals surface area contributed by atoms with Gasteiger partial charge in [-0.15, -0.1) is 0 Å². The minimum absolute atomic E-state index is 0.129. The maximum absolute atomic E-state index is 11.2. The number of aryl methyl sites for hydroxylation is 1. The lowest BCUT2D eigenvalue weighted by Crippen LogP contribution is -2.33. The van der Waals surface area contributed by atoms with E-state index >= 15 is 0 Å². The molecule has 0 aliphatic heterocycles. The molecule has 0 saturated heterocycles. The molecule has 0 fully saturated rings. The molecule has 20 heavy (non-hydrogen) atoms. The van der Waals surface area contributed by atoms with Gasteiger partial charge in [0.05, 0.1) is 10.6 Å². The SMILES string of the molecule is Cn1[nH]c(=O)c(=O)nc1Sc1ccc([N+](=O)[O-])cc1N. The fourth-order valence-electron chi connectivity index (χ4n) is 1.39. The van der Waals surface area contributed by atoms with Crippen molar-refractivity contribution < 1.29 is 4.92 Å². The predicted octanol–water partition coefficient (Wildman–Crippen LogP) is 0.110. The normalized spacial score (nSPS) is 10.4. The Kier molecular flexibility index (Phi) is 3.57. The van der Waals surface area contributed by atoms with Gasteiger partial charge in [0.25, 0.3) is 5.69 Å². The van der Waals surface area contributed by atoms with Crippen LogP contribution in [0.1, 0.15) is 0 Å². The summed E-state index contributed by atoms with van der Waals surface area (Å²) in [6.07, 6.45) is 0. The molecule has 0 atom stereocenters. The number of H-pyrrole nitrogens is 1. The van der Waals surface area contributed by atoms with E-state index in [1.807, 2.05) is 0 Å². The molecule has 0 bridgehead atoms. The lowest BCUT2D eigenvalue weighted by molar-refractivity contribution is -0.384. The quantitative estimate of drug-likeness (QED) is 0.355. The Bertz CT molecular complexity index is 797. The summed E-state index contributed by atoms with van der Waals surface area (Å²) in [7, 11) is 1.51. The van der Waals surface area contributed by atoms with Gasteiger partial charge in [0.15, 0.2) is 5.16 Å². The zero-order valence-corrected chi connectivity index (χ0v) is 11.0. The van der Waals surface area contributed by atoms with Gasteiger partial charge in [-0.25, -0.2) is 0 Å². The van der Waals surface area contributed by atoms with E-state index in [9.17, 15) is 19.7 Å². The molecule has 3 N–H and O–H groups in total. The number of aromatic nitrogens is 3. The minimum Gasteiger partial charge on any atom is -0.398 e. The van der Waals surface area contributed by atoms with E-state index in [0.29, 0.717) is 4.90 Å². The Labute approximate surface area is 115 Å². The van der Waals surface area contributed by atoms with Crippen molar-refractivity contribution in [3.05, 3.63) is 49.0 Å². The number of nitrogens with one attached hydrogen (secondary N) is 1. The van der Waals surface area contributed by atoms with Crippen LogP contribution >= 0.6 is 11.8 Å². The van der Waals surface area contributed by atoms with Crippen LogP contribution in [0.15, 0.2) is 37.8 Å². The van der Waals surface area contributed by atoms with Crippen LogP contribution in [-0.2, 0) is 7.05 Å². The molecule has 1 heterocycles. The molecular weight excluding hydrogens is 286 g/mol. The number of nitrogen functional groups attached to an aromatic ring is 1. The summed E-state index contributed by atoms with van der Waals surface area (Å²) >= 11 is 1.02.